The van der Waals surface area contributed by atoms with E-state index in [2.05, 4.69) is 5.32 Å². The molecule has 1 N–H and O–H groups in total. The summed E-state index contributed by atoms with van der Waals surface area (Å²) < 4.78 is 25.6. The van der Waals surface area contributed by atoms with Crippen LogP contribution in [0.25, 0.3) is 0 Å². The maximum Gasteiger partial charge on any atom is 0.227 e. The summed E-state index contributed by atoms with van der Waals surface area (Å²) in [7, 11) is -3.58. The molecule has 4 rings (SSSR count). The van der Waals surface area contributed by atoms with Crippen LogP contribution in [0.3, 0.4) is 0 Å². The number of carbonyl (C=O) groups excluding carboxylic acids is 2. The molecule has 30 heavy (non-hydrogen) atoms. The first-order chi connectivity index (χ1) is 14.3. The van der Waals surface area contributed by atoms with E-state index in [4.69, 9.17) is 11.6 Å². The van der Waals surface area contributed by atoms with Crippen molar-refractivity contribution in [1.82, 2.24) is 5.32 Å². The Morgan fingerprint density at radius 3 is 2.50 bits per heavy atom. The molecule has 0 bridgehead atoms. The van der Waals surface area contributed by atoms with Gasteiger partial charge in [-0.15, -0.1) is 0 Å². The number of hydrogen-bond acceptors (Lipinski definition) is 4. The van der Waals surface area contributed by atoms with Gasteiger partial charge in [0.2, 0.25) is 11.8 Å². The number of amides is 2. The molecule has 2 amide bonds. The van der Waals surface area contributed by atoms with Gasteiger partial charge in [0.05, 0.1) is 16.3 Å². The third-order valence-corrected chi connectivity index (χ3v) is 7.58. The molecular formula is C22H23ClN2O4S. The summed E-state index contributed by atoms with van der Waals surface area (Å²) in [5, 5.41) is 3.43. The summed E-state index contributed by atoms with van der Waals surface area (Å²) >= 11 is 5.85. The summed E-state index contributed by atoms with van der Waals surface area (Å²) in [6, 6.07) is 10.7. The molecule has 2 aromatic carbocycles. The minimum Gasteiger partial charge on any atom is -0.356 e. The average Bonchev–Trinajstić information content (AvgIpc) is 3.16. The predicted molar refractivity (Wildman–Crippen MR) is 116 cm³/mol. The van der Waals surface area contributed by atoms with Crippen LogP contribution < -0.4 is 10.2 Å². The van der Waals surface area contributed by atoms with Gasteiger partial charge in [0.1, 0.15) is 0 Å². The quantitative estimate of drug-likeness (QED) is 0.708. The van der Waals surface area contributed by atoms with Gasteiger partial charge in [-0.1, -0.05) is 23.7 Å². The van der Waals surface area contributed by atoms with E-state index >= 15 is 0 Å². The van der Waals surface area contributed by atoms with Crippen molar-refractivity contribution in [1.29, 1.82) is 0 Å². The lowest BCUT2D eigenvalue weighted by Gasteiger charge is -2.25. The molecule has 6 nitrogen and oxygen atoms in total. The van der Waals surface area contributed by atoms with Crippen molar-refractivity contribution in [2.24, 2.45) is 0 Å². The highest BCUT2D eigenvalue weighted by Crippen LogP contribution is 2.38. The van der Waals surface area contributed by atoms with E-state index in [-0.39, 0.29) is 28.9 Å². The number of rotatable bonds is 7. The second kappa shape index (κ2) is 8.40. The van der Waals surface area contributed by atoms with E-state index in [1.807, 2.05) is 12.1 Å². The zero-order valence-corrected chi connectivity index (χ0v) is 18.1. The molecule has 2 aliphatic rings. The van der Waals surface area contributed by atoms with Crippen molar-refractivity contribution in [2.75, 3.05) is 23.7 Å². The summed E-state index contributed by atoms with van der Waals surface area (Å²) in [6.45, 7) is 1.05. The first-order valence-corrected chi connectivity index (χ1v) is 12.1. The number of halogens is 1. The monoisotopic (exact) mass is 446 g/mol. The first-order valence-electron chi connectivity index (χ1n) is 10.0. The Hall–Kier alpha value is -2.38. The number of benzene rings is 2. The fourth-order valence-electron chi connectivity index (χ4n) is 4.04. The van der Waals surface area contributed by atoms with Crippen LogP contribution in [0.2, 0.25) is 5.02 Å². The Bertz CT molecular complexity index is 1100. The van der Waals surface area contributed by atoms with E-state index < -0.39 is 9.84 Å². The third-order valence-electron chi connectivity index (χ3n) is 5.63. The zero-order chi connectivity index (χ0) is 21.3. The predicted octanol–water partition coefficient (Wildman–Crippen LogP) is 2.70. The maximum atomic E-state index is 12.8. The molecule has 0 spiro atoms. The van der Waals surface area contributed by atoms with Crippen LogP contribution in [0, 0.1) is 0 Å². The Morgan fingerprint density at radius 2 is 1.77 bits per heavy atom. The van der Waals surface area contributed by atoms with Crippen LogP contribution in [0.15, 0.2) is 41.3 Å². The number of anilines is 1. The van der Waals surface area contributed by atoms with E-state index in [1.165, 1.54) is 0 Å². The van der Waals surface area contributed by atoms with Crippen molar-refractivity contribution in [3.05, 3.63) is 58.1 Å². The summed E-state index contributed by atoms with van der Waals surface area (Å²) in [4.78, 5) is 26.2. The standard InChI is InChI=1S/C22H23ClN2O4S/c23-18-4-1-15(2-5-18)7-10-24-20(26)9-12-30(28,29)19-13-16-3-6-21(27)25-11-8-17(14-19)22(16)25/h1-2,4-5,13-14H,3,6-12H2,(H,24,26). The molecule has 0 unspecified atom stereocenters. The molecule has 2 aliphatic heterocycles. The van der Waals surface area contributed by atoms with Gasteiger partial charge < -0.3 is 10.2 Å². The number of nitrogens with one attached hydrogen (secondary N) is 1. The number of carbonyl (C=O) groups is 2. The number of sulfone groups is 1. The molecule has 0 saturated carbocycles. The van der Waals surface area contributed by atoms with Crippen LogP contribution in [0.1, 0.15) is 29.5 Å². The number of aryl methyl sites for hydroxylation is 1. The lowest BCUT2D eigenvalue weighted by Crippen LogP contribution is -2.33. The van der Waals surface area contributed by atoms with Gasteiger partial charge in [-0.2, -0.15) is 0 Å². The second-order valence-electron chi connectivity index (χ2n) is 7.68. The lowest BCUT2D eigenvalue weighted by atomic mass is 10.00. The molecule has 0 atom stereocenters. The lowest BCUT2D eigenvalue weighted by molar-refractivity contribution is -0.120. The number of hydrogen-bond donors (Lipinski definition) is 1. The van der Waals surface area contributed by atoms with E-state index in [1.54, 1.807) is 29.2 Å². The molecule has 0 aliphatic carbocycles. The second-order valence-corrected chi connectivity index (χ2v) is 10.2. The zero-order valence-electron chi connectivity index (χ0n) is 16.5. The molecule has 2 heterocycles. The molecule has 0 saturated heterocycles. The van der Waals surface area contributed by atoms with Crippen LogP contribution in [0.4, 0.5) is 5.69 Å². The van der Waals surface area contributed by atoms with Crippen molar-refractivity contribution in [3.8, 4) is 0 Å². The molecule has 0 radical (unpaired) electrons. The first kappa shape index (κ1) is 20.9. The van der Waals surface area contributed by atoms with Crippen molar-refractivity contribution < 1.29 is 18.0 Å². The van der Waals surface area contributed by atoms with E-state index in [0.29, 0.717) is 43.8 Å². The molecule has 2 aromatic rings. The minimum absolute atomic E-state index is 0.0834. The molecule has 0 fully saturated rings. The van der Waals surface area contributed by atoms with Gasteiger partial charge >= 0.3 is 0 Å². The highest BCUT2D eigenvalue weighted by atomic mass is 35.5. The van der Waals surface area contributed by atoms with Crippen LogP contribution in [-0.2, 0) is 38.7 Å². The Morgan fingerprint density at radius 1 is 1.07 bits per heavy atom. The van der Waals surface area contributed by atoms with Gasteiger partial charge in [0.25, 0.3) is 0 Å². The molecule has 158 valence electrons. The molecular weight excluding hydrogens is 424 g/mol. The fourth-order valence-corrected chi connectivity index (χ4v) is 5.50. The smallest absolute Gasteiger partial charge is 0.227 e. The third kappa shape index (κ3) is 4.37. The highest BCUT2D eigenvalue weighted by molar-refractivity contribution is 7.91. The van der Waals surface area contributed by atoms with Crippen molar-refractivity contribution in [3.63, 3.8) is 0 Å². The van der Waals surface area contributed by atoms with Crippen LogP contribution in [0.5, 0.6) is 0 Å². The van der Waals surface area contributed by atoms with Gasteiger partial charge in [0.15, 0.2) is 9.84 Å². The summed E-state index contributed by atoms with van der Waals surface area (Å²) in [6.07, 6.45) is 2.21. The minimum atomic E-state index is -3.58. The van der Waals surface area contributed by atoms with E-state index in [0.717, 1.165) is 22.4 Å². The average molecular weight is 447 g/mol. The Kier molecular flexibility index (Phi) is 5.84. The van der Waals surface area contributed by atoms with Crippen LogP contribution >= 0.6 is 11.6 Å². The SMILES string of the molecule is O=C(CCS(=O)(=O)c1cc2c3c(c1)CCN3C(=O)CC2)NCCc1ccc(Cl)cc1. The Labute approximate surface area is 181 Å². The topological polar surface area (TPSA) is 83.6 Å². The summed E-state index contributed by atoms with van der Waals surface area (Å²) in [5.41, 5.74) is 3.76. The highest BCUT2D eigenvalue weighted by Gasteiger charge is 2.32. The maximum absolute atomic E-state index is 12.8. The molecule has 8 heteroatoms. The Balaban J connectivity index is 1.35. The number of nitrogens with zero attached hydrogens (tertiary/aromatic N) is 1. The van der Waals surface area contributed by atoms with Crippen molar-refractivity contribution in [2.45, 2.75) is 37.0 Å². The van der Waals surface area contributed by atoms with Crippen molar-refractivity contribution >= 4 is 38.9 Å². The summed E-state index contributed by atoms with van der Waals surface area (Å²) in [5.74, 6) is -0.417. The van der Waals surface area contributed by atoms with Gasteiger partial charge in [-0.25, -0.2) is 8.42 Å². The van der Waals surface area contributed by atoms with Crippen LogP contribution in [-0.4, -0.2) is 39.1 Å². The fraction of sp³-hybridized carbons (Fsp3) is 0.364. The van der Waals surface area contributed by atoms with Gasteiger partial charge in [-0.05, 0) is 60.2 Å². The van der Waals surface area contributed by atoms with E-state index in [9.17, 15) is 18.0 Å². The normalized spacial score (nSPS) is 15.2. The van der Waals surface area contributed by atoms with Gasteiger partial charge in [0, 0.05) is 31.0 Å². The largest absolute Gasteiger partial charge is 0.356 e. The molecule has 0 aromatic heterocycles. The van der Waals surface area contributed by atoms with Gasteiger partial charge in [-0.3, -0.25) is 9.59 Å².